The molecule has 2 aromatic rings. The molecule has 0 saturated heterocycles. The number of pyridine rings is 1. The second kappa shape index (κ2) is 8.50. The third-order valence-corrected chi connectivity index (χ3v) is 3.21. The molecule has 0 fully saturated rings. The number of anilines is 1. The minimum atomic E-state index is -0.893. The molecule has 0 aliphatic carbocycles. The van der Waals surface area contributed by atoms with Crippen LogP contribution in [0.4, 0.5) is 14.5 Å². The Morgan fingerprint density at radius 2 is 1.78 bits per heavy atom. The highest BCUT2D eigenvalue weighted by molar-refractivity contribution is 6.33. The number of carbonyl (C=O) groups is 1. The molecule has 0 spiro atoms. The molecule has 1 aromatic carbocycles. The van der Waals surface area contributed by atoms with Crippen LogP contribution in [0.25, 0.3) is 11.3 Å². The molecule has 0 aliphatic rings. The number of hydrogen-bond donors (Lipinski definition) is 1. The molecule has 0 atom stereocenters. The van der Waals surface area contributed by atoms with Gasteiger partial charge in [-0.1, -0.05) is 23.2 Å². The molecule has 0 amide bonds. The largest absolute Gasteiger partial charge is 0.492 e. The number of rotatable bonds is 3. The number of ether oxygens (including phenoxy) is 2. The molecule has 0 radical (unpaired) electrons. The van der Waals surface area contributed by atoms with E-state index < -0.39 is 11.6 Å². The normalized spacial score (nSPS) is 9.65. The number of benzene rings is 1. The summed E-state index contributed by atoms with van der Waals surface area (Å²) >= 11 is 11.4. The molecule has 124 valence electrons. The molecule has 0 unspecified atom stereocenters. The summed E-state index contributed by atoms with van der Waals surface area (Å²) in [6, 6.07) is 2.67. The monoisotopic (exact) mass is 364 g/mol. The van der Waals surface area contributed by atoms with Crippen LogP contribution >= 0.6 is 23.2 Å². The van der Waals surface area contributed by atoms with Crippen LogP contribution in [0.3, 0.4) is 0 Å². The van der Waals surface area contributed by atoms with Gasteiger partial charge < -0.3 is 15.2 Å². The van der Waals surface area contributed by atoms with Gasteiger partial charge in [-0.3, -0.25) is 9.78 Å². The van der Waals surface area contributed by atoms with E-state index in [1.807, 2.05) is 0 Å². The van der Waals surface area contributed by atoms with E-state index in [0.717, 1.165) is 6.20 Å². The van der Waals surface area contributed by atoms with Gasteiger partial charge >= 0.3 is 0 Å². The summed E-state index contributed by atoms with van der Waals surface area (Å²) in [4.78, 5) is 12.7. The highest BCUT2D eigenvalue weighted by Gasteiger charge is 2.20. The number of methoxy groups -OCH3 is 2. The fraction of sp³-hybridized carbons (Fsp3) is 0.143. The summed E-state index contributed by atoms with van der Waals surface area (Å²) < 4.78 is 36.8. The Hall–Kier alpha value is -2.12. The lowest BCUT2D eigenvalue weighted by Gasteiger charge is -2.10. The Morgan fingerprint density at radius 1 is 1.17 bits per heavy atom. The van der Waals surface area contributed by atoms with Crippen LogP contribution < -0.4 is 10.5 Å². The Labute approximate surface area is 140 Å². The van der Waals surface area contributed by atoms with Crippen LogP contribution in [0.5, 0.6) is 5.75 Å². The Balaban J connectivity index is 0.000000593. The van der Waals surface area contributed by atoms with E-state index in [4.69, 9.17) is 38.5 Å². The lowest BCUT2D eigenvalue weighted by atomic mass is 10.1. The molecule has 2 N–H and O–H groups in total. The topological polar surface area (TPSA) is 74.4 Å². The highest BCUT2D eigenvalue weighted by Crippen LogP contribution is 2.36. The summed E-state index contributed by atoms with van der Waals surface area (Å²) in [5, 5.41) is 0.0358. The second-order valence-electron chi connectivity index (χ2n) is 3.96. The van der Waals surface area contributed by atoms with Gasteiger partial charge in [-0.05, 0) is 12.1 Å². The van der Waals surface area contributed by atoms with Gasteiger partial charge in [-0.25, -0.2) is 8.78 Å². The molecule has 0 aliphatic heterocycles. The number of halogens is 4. The molecule has 23 heavy (non-hydrogen) atoms. The van der Waals surface area contributed by atoms with Crippen molar-refractivity contribution in [3.8, 4) is 17.0 Å². The van der Waals surface area contributed by atoms with E-state index in [0.29, 0.717) is 6.47 Å². The smallest absolute Gasteiger partial charge is 0.292 e. The van der Waals surface area contributed by atoms with Crippen molar-refractivity contribution in [2.24, 2.45) is 0 Å². The zero-order chi connectivity index (χ0) is 17.6. The molecule has 5 nitrogen and oxygen atoms in total. The number of aromatic nitrogens is 1. The maximum Gasteiger partial charge on any atom is 0.292 e. The molecule has 0 saturated carbocycles. The van der Waals surface area contributed by atoms with E-state index >= 15 is 0 Å². The van der Waals surface area contributed by atoms with Crippen molar-refractivity contribution in [1.82, 2.24) is 4.98 Å². The van der Waals surface area contributed by atoms with Gasteiger partial charge in [0.1, 0.15) is 5.69 Å². The summed E-state index contributed by atoms with van der Waals surface area (Å²) in [7, 11) is 2.57. The second-order valence-corrected chi connectivity index (χ2v) is 4.77. The van der Waals surface area contributed by atoms with E-state index in [9.17, 15) is 8.78 Å². The molecular weight excluding hydrogens is 353 g/mol. The summed E-state index contributed by atoms with van der Waals surface area (Å²) in [6.07, 6.45) is 1.15. The van der Waals surface area contributed by atoms with Crippen LogP contribution in [0.2, 0.25) is 10.0 Å². The third kappa shape index (κ3) is 4.20. The predicted molar refractivity (Wildman–Crippen MR) is 83.6 cm³/mol. The summed E-state index contributed by atoms with van der Waals surface area (Å²) in [5.74, 6) is -1.90. The van der Waals surface area contributed by atoms with Crippen LogP contribution in [0.15, 0.2) is 18.3 Å². The maximum atomic E-state index is 14.1. The lowest BCUT2D eigenvalue weighted by Crippen LogP contribution is -2.00. The maximum absolute atomic E-state index is 14.1. The van der Waals surface area contributed by atoms with Crippen molar-refractivity contribution in [2.75, 3.05) is 20.0 Å². The van der Waals surface area contributed by atoms with Crippen molar-refractivity contribution in [3.05, 3.63) is 40.0 Å². The van der Waals surface area contributed by atoms with E-state index in [-0.39, 0.29) is 32.7 Å². The van der Waals surface area contributed by atoms with Gasteiger partial charge in [0.25, 0.3) is 6.47 Å². The van der Waals surface area contributed by atoms with Gasteiger partial charge in [0.2, 0.25) is 0 Å². The first-order valence-electron chi connectivity index (χ1n) is 5.97. The van der Waals surface area contributed by atoms with Gasteiger partial charge in [0, 0.05) is 11.8 Å². The van der Waals surface area contributed by atoms with Crippen LogP contribution in [0, 0.1) is 11.6 Å². The lowest BCUT2D eigenvalue weighted by molar-refractivity contribution is -0.126. The summed E-state index contributed by atoms with van der Waals surface area (Å²) in [6.45, 7) is 0.375. The highest BCUT2D eigenvalue weighted by atomic mass is 35.5. The molecule has 1 aromatic heterocycles. The first-order valence-corrected chi connectivity index (χ1v) is 6.72. The van der Waals surface area contributed by atoms with Gasteiger partial charge in [0.05, 0.1) is 30.0 Å². The zero-order valence-corrected chi connectivity index (χ0v) is 13.6. The first-order chi connectivity index (χ1) is 10.9. The molecule has 0 bridgehead atoms. The van der Waals surface area contributed by atoms with Crippen LogP contribution in [-0.2, 0) is 9.53 Å². The van der Waals surface area contributed by atoms with E-state index in [2.05, 4.69) is 9.72 Å². The summed E-state index contributed by atoms with van der Waals surface area (Å²) in [5.41, 5.74) is 4.79. The minimum Gasteiger partial charge on any atom is -0.492 e. The van der Waals surface area contributed by atoms with Crippen molar-refractivity contribution >= 4 is 35.4 Å². The van der Waals surface area contributed by atoms with Gasteiger partial charge in [0.15, 0.2) is 17.4 Å². The standard InChI is InChI=1S/C12H8Cl2F2N2O.C2H4O2/c1-19-12-6(13)3-2-5(8(12)15)11-9(16)10(17)7(14)4-18-11;1-4-2-3/h2-4H,1H3,(H2,17,18);2H,1H3. The first kappa shape index (κ1) is 18.9. The van der Waals surface area contributed by atoms with Crippen LogP contribution in [0.1, 0.15) is 0 Å². The van der Waals surface area contributed by atoms with Crippen molar-refractivity contribution < 1.29 is 23.0 Å². The Kier molecular flexibility index (Phi) is 6.99. The quantitative estimate of drug-likeness (QED) is 0.840. The Morgan fingerprint density at radius 3 is 2.30 bits per heavy atom. The van der Waals surface area contributed by atoms with Gasteiger partial charge in [-0.15, -0.1) is 0 Å². The molecule has 9 heteroatoms. The fourth-order valence-corrected chi connectivity index (χ4v) is 1.92. The average Bonchev–Trinajstić information content (AvgIpc) is 2.54. The fourth-order valence-electron chi connectivity index (χ4n) is 1.57. The predicted octanol–water partition coefficient (Wildman–Crippen LogP) is 3.71. The number of nitrogens with two attached hydrogens (primary N) is 1. The SMILES string of the molecule is COC=O.COc1c(Cl)ccc(-c2ncc(Cl)c(N)c2F)c1F. The van der Waals surface area contributed by atoms with Crippen molar-refractivity contribution in [3.63, 3.8) is 0 Å². The zero-order valence-electron chi connectivity index (χ0n) is 12.1. The number of nitrogen functional groups attached to an aromatic ring is 1. The van der Waals surface area contributed by atoms with Crippen LogP contribution in [-0.4, -0.2) is 25.7 Å². The molecule has 2 rings (SSSR count). The third-order valence-electron chi connectivity index (χ3n) is 2.61. The molecule has 1 heterocycles. The van der Waals surface area contributed by atoms with Crippen molar-refractivity contribution in [2.45, 2.75) is 0 Å². The average molecular weight is 365 g/mol. The minimum absolute atomic E-state index is 0.0393. The molecular formula is C14H12Cl2F2N2O3. The Bertz CT molecular complexity index is 715. The van der Waals surface area contributed by atoms with Gasteiger partial charge in [-0.2, -0.15) is 0 Å². The van der Waals surface area contributed by atoms with E-state index in [1.165, 1.54) is 26.4 Å². The number of nitrogens with zero attached hydrogens (tertiary/aromatic N) is 1. The number of carbonyl (C=O) groups excluding carboxylic acids is 1. The van der Waals surface area contributed by atoms with E-state index in [1.54, 1.807) is 0 Å². The number of hydrogen-bond acceptors (Lipinski definition) is 5. The van der Waals surface area contributed by atoms with Crippen molar-refractivity contribution in [1.29, 1.82) is 0 Å².